The number of benzene rings is 2. The van der Waals surface area contributed by atoms with Gasteiger partial charge in [0.25, 0.3) is 8.41 Å². The van der Waals surface area contributed by atoms with Gasteiger partial charge in [0, 0.05) is 6.54 Å². The number of hydrogen-bond acceptors (Lipinski definition) is 2. The van der Waals surface area contributed by atoms with E-state index in [-0.39, 0.29) is 23.4 Å². The van der Waals surface area contributed by atoms with Crippen LogP contribution < -0.4 is 15.2 Å². The third-order valence-corrected chi connectivity index (χ3v) is 9.97. The zero-order valence-electron chi connectivity index (χ0n) is 17.6. The Balaban J connectivity index is 1.90. The van der Waals surface area contributed by atoms with Crippen LogP contribution in [-0.4, -0.2) is 20.9 Å². The van der Waals surface area contributed by atoms with Gasteiger partial charge in [-0.05, 0) is 46.5 Å². The van der Waals surface area contributed by atoms with Crippen molar-refractivity contribution in [3.63, 3.8) is 0 Å². The highest BCUT2D eigenvalue weighted by Gasteiger charge is 2.44. The number of carbonyl (C=O) groups excluding carboxylic acids is 1. The molecule has 0 aliphatic rings. The van der Waals surface area contributed by atoms with Crippen LogP contribution in [0.5, 0.6) is 5.75 Å². The van der Waals surface area contributed by atoms with E-state index in [0.29, 0.717) is 18.9 Å². The fourth-order valence-electron chi connectivity index (χ4n) is 3.59. The van der Waals surface area contributed by atoms with Crippen LogP contribution >= 0.6 is 0 Å². The Hall–Kier alpha value is -2.14. The molecule has 2 aromatic rings. The second-order valence-corrected chi connectivity index (χ2v) is 12.3. The van der Waals surface area contributed by atoms with E-state index in [1.807, 2.05) is 83.1 Å². The van der Waals surface area contributed by atoms with E-state index in [4.69, 9.17) is 4.74 Å². The smallest absolute Gasteiger partial charge is 0.282 e. The number of ether oxygens (including phenoxy) is 1. The minimum absolute atomic E-state index is 0.0197. The highest BCUT2D eigenvalue weighted by molar-refractivity contribution is 6.88. The summed E-state index contributed by atoms with van der Waals surface area (Å²) in [7, 11) is -3.06. The SMILES string of the molecule is Cc1cc(OCCC(=O)NCc2ccccc2)ccc1[Si]([18F])(C(C)C)C(C)C. The first kappa shape index (κ1) is 22.1. The summed E-state index contributed by atoms with van der Waals surface area (Å²) in [5.41, 5.74) is 2.04. The molecule has 0 saturated carbocycles. The maximum absolute atomic E-state index is 15.8. The summed E-state index contributed by atoms with van der Waals surface area (Å²) in [6, 6.07) is 15.4. The third-order valence-electron chi connectivity index (χ3n) is 5.22. The standard InChI is InChI=1S/C23H32FNO2Si/c1-17(2)28(24,18(3)4)22-12-11-21(15-19(22)5)27-14-13-23(26)25-16-20-9-7-6-8-10-20/h6-12,15,17-18H,13-14,16H2,1-5H3,(H,25,26)/i24-1. The molecule has 0 saturated heterocycles. The van der Waals surface area contributed by atoms with E-state index in [1.54, 1.807) is 0 Å². The van der Waals surface area contributed by atoms with Gasteiger partial charge in [-0.15, -0.1) is 0 Å². The van der Waals surface area contributed by atoms with Gasteiger partial charge in [0.1, 0.15) is 5.75 Å². The lowest BCUT2D eigenvalue weighted by molar-refractivity contribution is -0.121. The van der Waals surface area contributed by atoms with Gasteiger partial charge in [0.05, 0.1) is 13.0 Å². The number of amides is 1. The van der Waals surface area contributed by atoms with Crippen molar-refractivity contribution < 1.29 is 13.6 Å². The van der Waals surface area contributed by atoms with E-state index in [1.165, 1.54) is 0 Å². The van der Waals surface area contributed by atoms with Crippen LogP contribution in [0.15, 0.2) is 48.5 Å². The van der Waals surface area contributed by atoms with Crippen LogP contribution in [0.4, 0.5) is 4.11 Å². The maximum Gasteiger partial charge on any atom is 0.282 e. The summed E-state index contributed by atoms with van der Waals surface area (Å²) in [4.78, 5) is 12.0. The normalized spacial score (nSPS) is 11.7. The number of aryl methyl sites for hydroxylation is 1. The summed E-state index contributed by atoms with van der Waals surface area (Å²) >= 11 is 0. The first-order valence-corrected chi connectivity index (χ1v) is 12.0. The van der Waals surface area contributed by atoms with Gasteiger partial charge in [0.15, 0.2) is 0 Å². The van der Waals surface area contributed by atoms with E-state index < -0.39 is 8.41 Å². The Kier molecular flexibility index (Phi) is 7.81. The topological polar surface area (TPSA) is 38.3 Å². The Morgan fingerprint density at radius 3 is 2.29 bits per heavy atom. The predicted octanol–water partition coefficient (Wildman–Crippen LogP) is 5.02. The number of hydrogen-bond donors (Lipinski definition) is 1. The average molecular weight is 401 g/mol. The van der Waals surface area contributed by atoms with Crippen molar-refractivity contribution in [3.05, 3.63) is 59.7 Å². The number of nitrogens with one attached hydrogen (secondary N) is 1. The van der Waals surface area contributed by atoms with Gasteiger partial charge in [-0.2, -0.15) is 0 Å². The van der Waals surface area contributed by atoms with Gasteiger partial charge in [-0.3, -0.25) is 4.79 Å². The zero-order valence-corrected chi connectivity index (χ0v) is 18.6. The van der Waals surface area contributed by atoms with Crippen LogP contribution in [0.2, 0.25) is 11.1 Å². The van der Waals surface area contributed by atoms with E-state index in [9.17, 15) is 4.79 Å². The summed E-state index contributed by atoms with van der Waals surface area (Å²) in [6.07, 6.45) is 0.285. The minimum atomic E-state index is -3.06. The van der Waals surface area contributed by atoms with E-state index in [0.717, 1.165) is 16.3 Å². The van der Waals surface area contributed by atoms with E-state index in [2.05, 4.69) is 5.32 Å². The average Bonchev–Trinajstić information content (AvgIpc) is 2.66. The first-order valence-electron chi connectivity index (χ1n) is 9.98. The van der Waals surface area contributed by atoms with Crippen LogP contribution in [0.25, 0.3) is 0 Å². The van der Waals surface area contributed by atoms with Crippen LogP contribution in [-0.2, 0) is 11.3 Å². The Bertz CT molecular complexity index is 769. The molecule has 5 heteroatoms. The molecule has 0 aliphatic carbocycles. The van der Waals surface area contributed by atoms with Crippen LogP contribution in [0.3, 0.4) is 0 Å². The van der Waals surface area contributed by atoms with Crippen LogP contribution in [0.1, 0.15) is 45.2 Å². The van der Waals surface area contributed by atoms with Crippen molar-refractivity contribution in [1.29, 1.82) is 0 Å². The molecule has 0 aromatic heterocycles. The zero-order chi connectivity index (χ0) is 20.7. The summed E-state index contributed by atoms with van der Waals surface area (Å²) < 4.78 is 21.5. The summed E-state index contributed by atoms with van der Waals surface area (Å²) in [5.74, 6) is 0.632. The molecule has 0 heterocycles. The highest BCUT2D eigenvalue weighted by atomic mass is 28.4. The third kappa shape index (κ3) is 5.44. The molecule has 0 spiro atoms. The van der Waals surface area contributed by atoms with Crippen molar-refractivity contribution in [2.24, 2.45) is 0 Å². The molecular weight excluding hydrogens is 368 g/mol. The van der Waals surface area contributed by atoms with Gasteiger partial charge >= 0.3 is 0 Å². The molecule has 0 fully saturated rings. The molecular formula is C23H32FNO2Si. The second kappa shape index (κ2) is 9.87. The minimum Gasteiger partial charge on any atom is -0.493 e. The van der Waals surface area contributed by atoms with Crippen molar-refractivity contribution in [1.82, 2.24) is 5.32 Å². The molecule has 0 unspecified atom stereocenters. The van der Waals surface area contributed by atoms with Crippen molar-refractivity contribution in [2.75, 3.05) is 6.61 Å². The first-order chi connectivity index (χ1) is 13.2. The monoisotopic (exact) mass is 400 g/mol. The maximum atomic E-state index is 15.8. The number of halogens is 1. The lowest BCUT2D eigenvalue weighted by Gasteiger charge is -2.32. The van der Waals surface area contributed by atoms with Crippen molar-refractivity contribution in [3.8, 4) is 5.75 Å². The van der Waals surface area contributed by atoms with Gasteiger partial charge in [-0.25, -0.2) is 0 Å². The molecule has 1 amide bonds. The Labute approximate surface area is 169 Å². The molecule has 0 aliphatic heterocycles. The van der Waals surface area contributed by atoms with Crippen molar-refractivity contribution in [2.45, 2.75) is 58.7 Å². The fourth-order valence-corrected chi connectivity index (χ4v) is 7.18. The Morgan fingerprint density at radius 2 is 1.71 bits per heavy atom. The van der Waals surface area contributed by atoms with Gasteiger partial charge in [0.2, 0.25) is 5.91 Å². The van der Waals surface area contributed by atoms with E-state index >= 15 is 4.11 Å². The molecule has 2 rings (SSSR count). The fraction of sp³-hybridized carbons (Fsp3) is 0.435. The molecule has 152 valence electrons. The number of carbonyl (C=O) groups is 1. The quantitative estimate of drug-likeness (QED) is 0.474. The molecule has 0 radical (unpaired) electrons. The summed E-state index contributed by atoms with van der Waals surface area (Å²) in [5, 5.41) is 3.74. The largest absolute Gasteiger partial charge is 0.493 e. The lowest BCUT2D eigenvalue weighted by Crippen LogP contribution is -2.50. The van der Waals surface area contributed by atoms with Crippen LogP contribution in [0, 0.1) is 6.92 Å². The lowest BCUT2D eigenvalue weighted by atomic mass is 10.2. The molecule has 0 atom stereocenters. The van der Waals surface area contributed by atoms with Crippen molar-refractivity contribution >= 4 is 19.5 Å². The molecule has 28 heavy (non-hydrogen) atoms. The molecule has 0 bridgehead atoms. The van der Waals surface area contributed by atoms with Gasteiger partial charge in [-0.1, -0.05) is 64.1 Å². The second-order valence-electron chi connectivity index (χ2n) is 7.91. The predicted molar refractivity (Wildman–Crippen MR) is 116 cm³/mol. The van der Waals surface area contributed by atoms with Gasteiger partial charge < -0.3 is 14.2 Å². The molecule has 3 nitrogen and oxygen atoms in total. The summed E-state index contributed by atoms with van der Waals surface area (Å²) in [6.45, 7) is 10.7. The highest BCUT2D eigenvalue weighted by Crippen LogP contribution is 2.34. The number of rotatable bonds is 9. The molecule has 2 aromatic carbocycles. The molecule has 1 N–H and O–H groups in total. The Morgan fingerprint density at radius 1 is 1.07 bits per heavy atom.